The highest BCUT2D eigenvalue weighted by molar-refractivity contribution is 5.88. The highest BCUT2D eigenvalue weighted by atomic mass is 19.4. The summed E-state index contributed by atoms with van der Waals surface area (Å²) in [4.78, 5) is 14.6. The summed E-state index contributed by atoms with van der Waals surface area (Å²) in [6.45, 7) is 1.69. The molecule has 2 aromatic rings. The number of rotatable bonds is 4. The van der Waals surface area contributed by atoms with E-state index < -0.39 is 17.7 Å². The summed E-state index contributed by atoms with van der Waals surface area (Å²) in [6, 6.07) is 13.7. The van der Waals surface area contributed by atoms with Gasteiger partial charge >= 0.3 is 6.18 Å². The molecule has 2 aromatic carbocycles. The number of methoxy groups -OCH3 is 1. The van der Waals surface area contributed by atoms with E-state index in [1.807, 2.05) is 0 Å². The minimum atomic E-state index is -4.93. The average Bonchev–Trinajstić information content (AvgIpc) is 2.81. The van der Waals surface area contributed by atoms with Crippen molar-refractivity contribution in [3.8, 4) is 0 Å². The van der Waals surface area contributed by atoms with E-state index in [-0.39, 0.29) is 35.8 Å². The van der Waals surface area contributed by atoms with Gasteiger partial charge in [0.2, 0.25) is 0 Å². The maximum absolute atomic E-state index is 14.6. The summed E-state index contributed by atoms with van der Waals surface area (Å²) >= 11 is 0. The van der Waals surface area contributed by atoms with E-state index in [0.717, 1.165) is 20.1 Å². The van der Waals surface area contributed by atoms with Crippen molar-refractivity contribution in [3.63, 3.8) is 0 Å². The van der Waals surface area contributed by atoms with Gasteiger partial charge in [0, 0.05) is 38.2 Å². The summed E-state index contributed by atoms with van der Waals surface area (Å²) in [7, 11) is 0.921. The lowest BCUT2D eigenvalue weighted by Gasteiger charge is -2.50. The van der Waals surface area contributed by atoms with Crippen LogP contribution < -0.4 is 5.32 Å². The second-order valence-electron chi connectivity index (χ2n) is 8.93. The fourth-order valence-electron chi connectivity index (χ4n) is 5.55. The van der Waals surface area contributed by atoms with Crippen molar-refractivity contribution in [2.75, 3.05) is 33.3 Å². The molecule has 0 unspecified atom stereocenters. The zero-order valence-corrected chi connectivity index (χ0v) is 18.5. The molecule has 0 aromatic heterocycles. The van der Waals surface area contributed by atoms with E-state index in [4.69, 9.17) is 4.74 Å². The monoisotopic (exact) mass is 464 g/mol. The van der Waals surface area contributed by atoms with Gasteiger partial charge in [0.25, 0.3) is 11.5 Å². The smallest absolute Gasteiger partial charge is 0.356 e. The zero-order chi connectivity index (χ0) is 23.7. The van der Waals surface area contributed by atoms with Gasteiger partial charge in [0.1, 0.15) is 5.82 Å². The summed E-state index contributed by atoms with van der Waals surface area (Å²) in [5.74, 6) is -1.48. The molecule has 0 bridgehead atoms. The van der Waals surface area contributed by atoms with E-state index in [2.05, 4.69) is 5.32 Å². The molecule has 0 radical (unpaired) electrons. The quantitative estimate of drug-likeness (QED) is 0.672. The molecule has 0 aliphatic carbocycles. The molecule has 1 amide bonds. The molecule has 1 spiro atoms. The first kappa shape index (κ1) is 23.7. The lowest BCUT2D eigenvalue weighted by Crippen LogP contribution is -2.59. The Morgan fingerprint density at radius 2 is 1.67 bits per heavy atom. The molecule has 2 atom stereocenters. The molecule has 2 aliphatic heterocycles. The normalized spacial score (nSPS) is 22.7. The van der Waals surface area contributed by atoms with Crippen LogP contribution in [0, 0.1) is 11.2 Å². The second-order valence-corrected chi connectivity index (χ2v) is 8.93. The van der Waals surface area contributed by atoms with Crippen LogP contribution in [-0.4, -0.2) is 50.3 Å². The standard InChI is InChI=1S/C25H28F4N2O2/c1-33-24(25(27,28)29,18-7-3-2-4-8-18)22(32)31-15-12-23(13-16-31)11-14-30-17-20(23)19-9-5-6-10-21(19)26/h2-10,20,30H,11-17H2,1H3/t20-,24-/m0/s1. The van der Waals surface area contributed by atoms with Gasteiger partial charge in [0.15, 0.2) is 0 Å². The van der Waals surface area contributed by atoms with E-state index in [1.54, 1.807) is 24.3 Å². The summed E-state index contributed by atoms with van der Waals surface area (Å²) < 4.78 is 62.5. The minimum Gasteiger partial charge on any atom is -0.356 e. The number of likely N-dealkylation sites (tertiary alicyclic amines) is 1. The highest BCUT2D eigenvalue weighted by Gasteiger charge is 2.64. The molecule has 2 heterocycles. The highest BCUT2D eigenvalue weighted by Crippen LogP contribution is 2.50. The van der Waals surface area contributed by atoms with E-state index in [1.165, 1.54) is 35.2 Å². The van der Waals surface area contributed by atoms with Crippen LogP contribution in [-0.2, 0) is 15.1 Å². The first-order valence-electron chi connectivity index (χ1n) is 11.2. The number of amides is 1. The molecule has 4 nitrogen and oxygen atoms in total. The number of alkyl halides is 3. The van der Waals surface area contributed by atoms with Gasteiger partial charge in [-0.05, 0) is 42.9 Å². The minimum absolute atomic E-state index is 0.103. The Bertz CT molecular complexity index is 974. The van der Waals surface area contributed by atoms with Gasteiger partial charge in [-0.1, -0.05) is 48.5 Å². The Kier molecular flexibility index (Phi) is 6.51. The molecule has 1 N–H and O–H groups in total. The first-order valence-corrected chi connectivity index (χ1v) is 11.2. The van der Waals surface area contributed by atoms with Crippen LogP contribution in [0.2, 0.25) is 0 Å². The average molecular weight is 465 g/mol. The molecule has 2 saturated heterocycles. The number of nitrogens with one attached hydrogen (secondary N) is 1. The third kappa shape index (κ3) is 4.04. The van der Waals surface area contributed by atoms with Crippen molar-refractivity contribution >= 4 is 5.91 Å². The molecule has 2 aliphatic rings. The lowest BCUT2D eigenvalue weighted by molar-refractivity contribution is -0.271. The predicted molar refractivity (Wildman–Crippen MR) is 116 cm³/mol. The zero-order valence-electron chi connectivity index (χ0n) is 18.5. The maximum Gasteiger partial charge on any atom is 0.430 e. The molecule has 178 valence electrons. The molecular formula is C25H28F4N2O2. The molecule has 0 saturated carbocycles. The van der Waals surface area contributed by atoms with E-state index in [9.17, 15) is 22.4 Å². The maximum atomic E-state index is 14.6. The largest absolute Gasteiger partial charge is 0.430 e. The number of hydrogen-bond donors (Lipinski definition) is 1. The van der Waals surface area contributed by atoms with Gasteiger partial charge in [-0.15, -0.1) is 0 Å². The van der Waals surface area contributed by atoms with Gasteiger partial charge in [-0.3, -0.25) is 4.79 Å². The third-order valence-electron chi connectivity index (χ3n) is 7.40. The lowest BCUT2D eigenvalue weighted by atomic mass is 9.62. The van der Waals surface area contributed by atoms with Crippen molar-refractivity contribution < 1.29 is 27.1 Å². The van der Waals surface area contributed by atoms with Crippen molar-refractivity contribution in [2.24, 2.45) is 5.41 Å². The van der Waals surface area contributed by atoms with Crippen LogP contribution in [0.5, 0.6) is 0 Å². The number of halogens is 4. The van der Waals surface area contributed by atoms with Gasteiger partial charge in [0.05, 0.1) is 0 Å². The molecule has 33 heavy (non-hydrogen) atoms. The number of piperidine rings is 2. The summed E-state index contributed by atoms with van der Waals surface area (Å²) in [5.41, 5.74) is -2.95. The van der Waals surface area contributed by atoms with Crippen LogP contribution >= 0.6 is 0 Å². The number of nitrogens with zero attached hydrogens (tertiary/aromatic N) is 1. The predicted octanol–water partition coefficient (Wildman–Crippen LogP) is 4.62. The van der Waals surface area contributed by atoms with E-state index in [0.29, 0.717) is 24.9 Å². The number of ether oxygens (including phenoxy) is 1. The van der Waals surface area contributed by atoms with Gasteiger partial charge < -0.3 is 15.0 Å². The van der Waals surface area contributed by atoms with Crippen molar-refractivity contribution in [2.45, 2.75) is 37.0 Å². The summed E-state index contributed by atoms with van der Waals surface area (Å²) in [5, 5.41) is 3.32. The molecular weight excluding hydrogens is 436 g/mol. The summed E-state index contributed by atoms with van der Waals surface area (Å²) in [6.07, 6.45) is -3.14. The van der Waals surface area contributed by atoms with Crippen LogP contribution in [0.4, 0.5) is 17.6 Å². The van der Waals surface area contributed by atoms with Gasteiger partial charge in [-0.2, -0.15) is 13.2 Å². The first-order chi connectivity index (χ1) is 15.7. The van der Waals surface area contributed by atoms with Crippen LogP contribution in [0.3, 0.4) is 0 Å². The second kappa shape index (κ2) is 9.06. The Labute approximate surface area is 190 Å². The molecule has 8 heteroatoms. The number of carbonyl (C=O) groups is 1. The Morgan fingerprint density at radius 1 is 1.03 bits per heavy atom. The number of benzene rings is 2. The van der Waals surface area contributed by atoms with Gasteiger partial charge in [-0.25, -0.2) is 4.39 Å². The van der Waals surface area contributed by atoms with E-state index >= 15 is 0 Å². The number of hydrogen-bond acceptors (Lipinski definition) is 3. The fraction of sp³-hybridized carbons (Fsp3) is 0.480. The Hall–Kier alpha value is -2.45. The number of carbonyl (C=O) groups excluding carboxylic acids is 1. The van der Waals surface area contributed by atoms with Crippen molar-refractivity contribution in [1.29, 1.82) is 0 Å². The SMILES string of the molecule is CO[C@](C(=O)N1CCC2(CCNC[C@H]2c2ccccc2F)CC1)(c1ccccc1)C(F)(F)F. The molecule has 4 rings (SSSR count). The van der Waals surface area contributed by atoms with Crippen molar-refractivity contribution in [3.05, 3.63) is 71.5 Å². The topological polar surface area (TPSA) is 41.6 Å². The molecule has 2 fully saturated rings. The van der Waals surface area contributed by atoms with Crippen LogP contribution in [0.1, 0.15) is 36.3 Å². The Balaban J connectivity index is 1.61. The third-order valence-corrected chi connectivity index (χ3v) is 7.40. The van der Waals surface area contributed by atoms with Crippen molar-refractivity contribution in [1.82, 2.24) is 10.2 Å². The fourth-order valence-corrected chi connectivity index (χ4v) is 5.55. The van der Waals surface area contributed by atoms with Crippen LogP contribution in [0.25, 0.3) is 0 Å². The Morgan fingerprint density at radius 3 is 2.27 bits per heavy atom. The van der Waals surface area contributed by atoms with Crippen LogP contribution in [0.15, 0.2) is 54.6 Å².